The van der Waals surface area contributed by atoms with E-state index in [4.69, 9.17) is 0 Å². The van der Waals surface area contributed by atoms with Crippen LogP contribution in [0.3, 0.4) is 0 Å². The van der Waals surface area contributed by atoms with Crippen molar-refractivity contribution in [2.45, 2.75) is 78.8 Å². The lowest BCUT2D eigenvalue weighted by molar-refractivity contribution is 0.00180. The molecule has 7 atom stereocenters. The van der Waals surface area contributed by atoms with E-state index in [1.54, 1.807) is 11.1 Å². The molecule has 1 saturated carbocycles. The van der Waals surface area contributed by atoms with Crippen molar-refractivity contribution in [3.63, 3.8) is 0 Å². The highest BCUT2D eigenvalue weighted by molar-refractivity contribution is 5.42. The Morgan fingerprint density at radius 3 is 2.36 bits per heavy atom. The van der Waals surface area contributed by atoms with Crippen LogP contribution in [0.5, 0.6) is 0 Å². The largest absolute Gasteiger partial charge is 0.317 e. The molecule has 2 nitrogen and oxygen atoms in total. The maximum Gasteiger partial charge on any atom is 0.0307 e. The summed E-state index contributed by atoms with van der Waals surface area (Å²) < 4.78 is 0. The maximum atomic E-state index is 3.58. The lowest BCUT2D eigenvalue weighted by Crippen LogP contribution is -2.49. The summed E-state index contributed by atoms with van der Waals surface area (Å²) in [6.07, 6.45) is 16.7. The quantitative estimate of drug-likeness (QED) is 0.675. The molecule has 7 unspecified atom stereocenters. The van der Waals surface area contributed by atoms with Crippen LogP contribution in [0.15, 0.2) is 35.5 Å². The van der Waals surface area contributed by atoms with Crippen LogP contribution in [0.4, 0.5) is 0 Å². The molecular formula is C26H42N2. The molecule has 0 spiro atoms. The van der Waals surface area contributed by atoms with E-state index in [1.165, 1.54) is 32.1 Å². The third kappa shape index (κ3) is 2.67. The molecule has 0 bridgehead atoms. The number of allylic oxidation sites excluding steroid dienone is 5. The molecule has 0 aliphatic heterocycles. The fourth-order valence-corrected chi connectivity index (χ4v) is 7.83. The van der Waals surface area contributed by atoms with Gasteiger partial charge in [-0.25, -0.2) is 0 Å². The summed E-state index contributed by atoms with van der Waals surface area (Å²) in [6.45, 7) is 12.6. The number of rotatable bonds is 3. The Morgan fingerprint density at radius 1 is 0.964 bits per heavy atom. The van der Waals surface area contributed by atoms with Crippen LogP contribution in [-0.2, 0) is 0 Å². The molecule has 0 heterocycles. The van der Waals surface area contributed by atoms with E-state index in [1.807, 2.05) is 0 Å². The number of nitrogens with one attached hydrogen (secondary N) is 2. The molecule has 0 aromatic heterocycles. The van der Waals surface area contributed by atoms with Gasteiger partial charge in [0.25, 0.3) is 0 Å². The van der Waals surface area contributed by atoms with Gasteiger partial charge in [0.15, 0.2) is 0 Å². The number of hydrogen-bond acceptors (Lipinski definition) is 2. The average molecular weight is 383 g/mol. The van der Waals surface area contributed by atoms with Crippen LogP contribution in [0.25, 0.3) is 0 Å². The summed E-state index contributed by atoms with van der Waals surface area (Å²) in [5.41, 5.74) is 4.34. The maximum absolute atomic E-state index is 3.58. The number of fused-ring (bicyclic) bond motifs is 4. The Kier molecular flexibility index (Phi) is 4.99. The van der Waals surface area contributed by atoms with Gasteiger partial charge >= 0.3 is 0 Å². The highest BCUT2D eigenvalue weighted by Gasteiger charge is 2.60. The minimum absolute atomic E-state index is 0.270. The fourth-order valence-electron chi connectivity index (χ4n) is 7.83. The van der Waals surface area contributed by atoms with Gasteiger partial charge in [-0.2, -0.15) is 0 Å². The standard InChI is InChI=1S/C26H42N2/c1-17(27-6)20-13-15-26(5)22-10-9-21-18(8-11-23(28-7)24(21,2)3)16-19(22)12-14-25(20,26)4/h8,11-12,16-17,20-23,27-28H,9-10,13-15H2,1-7H3. The Hall–Kier alpha value is -0.860. The van der Waals surface area contributed by atoms with E-state index >= 15 is 0 Å². The summed E-state index contributed by atoms with van der Waals surface area (Å²) in [5, 5.41) is 7.13. The van der Waals surface area contributed by atoms with Crippen molar-refractivity contribution in [1.82, 2.24) is 10.6 Å². The fraction of sp³-hybridized carbons (Fsp3) is 0.769. The van der Waals surface area contributed by atoms with Crippen LogP contribution in [0.1, 0.15) is 66.7 Å². The minimum atomic E-state index is 0.270. The van der Waals surface area contributed by atoms with Crippen molar-refractivity contribution in [3.05, 3.63) is 35.5 Å². The highest BCUT2D eigenvalue weighted by atomic mass is 14.9. The molecule has 2 N–H and O–H groups in total. The first-order valence-corrected chi connectivity index (χ1v) is 11.6. The molecule has 4 aliphatic carbocycles. The second-order valence-electron chi connectivity index (χ2n) is 11.2. The van der Waals surface area contributed by atoms with E-state index in [2.05, 4.69) is 83.7 Å². The first-order valence-electron chi connectivity index (χ1n) is 11.6. The van der Waals surface area contributed by atoms with E-state index < -0.39 is 0 Å². The molecule has 4 rings (SSSR count). The molecule has 0 saturated heterocycles. The zero-order valence-corrected chi connectivity index (χ0v) is 19.2. The first kappa shape index (κ1) is 20.4. The van der Waals surface area contributed by atoms with Crippen LogP contribution < -0.4 is 10.6 Å². The molecule has 0 aromatic rings. The van der Waals surface area contributed by atoms with Gasteiger partial charge in [0.1, 0.15) is 0 Å². The van der Waals surface area contributed by atoms with Crippen molar-refractivity contribution < 1.29 is 0 Å². The Labute approximate surface area is 173 Å². The molecule has 0 radical (unpaired) electrons. The zero-order chi connectivity index (χ0) is 20.3. The van der Waals surface area contributed by atoms with Crippen LogP contribution in [0, 0.1) is 34.0 Å². The summed E-state index contributed by atoms with van der Waals surface area (Å²) in [4.78, 5) is 0. The average Bonchev–Trinajstić information content (AvgIpc) is 2.80. The lowest BCUT2D eigenvalue weighted by Gasteiger charge is -2.53. The first-order chi connectivity index (χ1) is 13.2. The Balaban J connectivity index is 1.71. The second-order valence-corrected chi connectivity index (χ2v) is 11.2. The summed E-state index contributed by atoms with van der Waals surface area (Å²) in [5.74, 6) is 2.16. The van der Waals surface area contributed by atoms with E-state index in [0.29, 0.717) is 28.8 Å². The van der Waals surface area contributed by atoms with Crippen LogP contribution >= 0.6 is 0 Å². The van der Waals surface area contributed by atoms with Gasteiger partial charge in [-0.05, 0) is 98.3 Å². The minimum Gasteiger partial charge on any atom is -0.317 e. The summed E-state index contributed by atoms with van der Waals surface area (Å²) in [7, 11) is 4.25. The second kappa shape index (κ2) is 6.84. The predicted octanol–water partition coefficient (Wildman–Crippen LogP) is 5.48. The summed E-state index contributed by atoms with van der Waals surface area (Å²) in [6, 6.07) is 1.07. The zero-order valence-electron chi connectivity index (χ0n) is 19.2. The van der Waals surface area contributed by atoms with Crippen LogP contribution in [0.2, 0.25) is 0 Å². The van der Waals surface area contributed by atoms with Crippen LogP contribution in [-0.4, -0.2) is 26.2 Å². The lowest BCUT2D eigenvalue weighted by atomic mass is 9.51. The van der Waals surface area contributed by atoms with E-state index in [-0.39, 0.29) is 5.41 Å². The molecule has 4 aliphatic rings. The molecule has 2 heteroatoms. The van der Waals surface area contributed by atoms with Crippen molar-refractivity contribution in [2.75, 3.05) is 14.1 Å². The molecular weight excluding hydrogens is 340 g/mol. The Bertz CT molecular complexity index is 714. The number of hydrogen-bond donors (Lipinski definition) is 2. The number of likely N-dealkylation sites (N-methyl/N-ethyl adjacent to an activating group) is 1. The van der Waals surface area contributed by atoms with Gasteiger partial charge in [-0.15, -0.1) is 0 Å². The molecule has 0 amide bonds. The molecule has 1 fully saturated rings. The topological polar surface area (TPSA) is 24.1 Å². The van der Waals surface area contributed by atoms with Gasteiger partial charge in [0, 0.05) is 12.1 Å². The van der Waals surface area contributed by atoms with Gasteiger partial charge in [-0.1, -0.05) is 52.0 Å². The molecule has 156 valence electrons. The normalized spacial score (nSPS) is 45.2. The van der Waals surface area contributed by atoms with E-state index in [9.17, 15) is 0 Å². The van der Waals surface area contributed by atoms with Crippen molar-refractivity contribution in [1.29, 1.82) is 0 Å². The monoisotopic (exact) mass is 382 g/mol. The van der Waals surface area contributed by atoms with Gasteiger partial charge < -0.3 is 10.6 Å². The Morgan fingerprint density at radius 2 is 1.68 bits per heavy atom. The molecule has 0 aromatic carbocycles. The van der Waals surface area contributed by atoms with Crippen molar-refractivity contribution >= 4 is 0 Å². The third-order valence-corrected chi connectivity index (χ3v) is 10.1. The van der Waals surface area contributed by atoms with Crippen molar-refractivity contribution in [2.24, 2.45) is 34.0 Å². The predicted molar refractivity (Wildman–Crippen MR) is 120 cm³/mol. The smallest absolute Gasteiger partial charge is 0.0307 e. The highest BCUT2D eigenvalue weighted by Crippen LogP contribution is 2.67. The van der Waals surface area contributed by atoms with Crippen molar-refractivity contribution in [3.8, 4) is 0 Å². The van der Waals surface area contributed by atoms with Gasteiger partial charge in [0.05, 0.1) is 0 Å². The van der Waals surface area contributed by atoms with E-state index in [0.717, 1.165) is 11.8 Å². The summed E-state index contributed by atoms with van der Waals surface area (Å²) >= 11 is 0. The SMILES string of the molecule is CNC(C)C1CCC2(C)C3CCC4C(=CC3=CCC12C)C=CC(NC)C4(C)C. The molecule has 28 heavy (non-hydrogen) atoms. The van der Waals surface area contributed by atoms with Gasteiger partial charge in [0.2, 0.25) is 0 Å². The van der Waals surface area contributed by atoms with Gasteiger partial charge in [-0.3, -0.25) is 0 Å². The third-order valence-electron chi connectivity index (χ3n) is 10.1.